The van der Waals surface area contributed by atoms with Gasteiger partial charge in [-0.2, -0.15) is 13.2 Å². The van der Waals surface area contributed by atoms with Crippen molar-refractivity contribution in [2.24, 2.45) is 11.8 Å². The van der Waals surface area contributed by atoms with E-state index in [4.69, 9.17) is 4.42 Å². The fourth-order valence-electron chi connectivity index (χ4n) is 5.29. The number of oxazole rings is 1. The molecule has 210 valence electrons. The Hall–Kier alpha value is -4.35. The van der Waals surface area contributed by atoms with Crippen molar-refractivity contribution in [2.75, 3.05) is 36.4 Å². The molecule has 9 nitrogen and oxygen atoms in total. The maximum Gasteiger partial charge on any atom is 0.452 e. The van der Waals surface area contributed by atoms with E-state index in [9.17, 15) is 32.7 Å². The average Bonchev–Trinajstić information content (AvgIpc) is 3.62. The predicted molar refractivity (Wildman–Crippen MR) is 139 cm³/mol. The van der Waals surface area contributed by atoms with Crippen molar-refractivity contribution in [3.05, 3.63) is 66.1 Å². The van der Waals surface area contributed by atoms with Crippen molar-refractivity contribution >= 4 is 29.2 Å². The fraction of sp³-hybridized carbons (Fsp3) is 0.357. The van der Waals surface area contributed by atoms with Crippen LogP contribution in [0.25, 0.3) is 11.5 Å². The minimum absolute atomic E-state index is 0.107. The number of aromatic nitrogens is 1. The van der Waals surface area contributed by atoms with Crippen LogP contribution in [0.2, 0.25) is 0 Å². The average molecular weight is 557 g/mol. The Morgan fingerprint density at radius 3 is 2.20 bits per heavy atom. The van der Waals surface area contributed by atoms with Gasteiger partial charge in [-0.3, -0.25) is 14.4 Å². The molecule has 2 unspecified atom stereocenters. The van der Waals surface area contributed by atoms with Crippen LogP contribution >= 0.6 is 0 Å². The Kier molecular flexibility index (Phi) is 7.51. The summed E-state index contributed by atoms with van der Waals surface area (Å²) in [5.41, 5.74) is 0.547. The van der Waals surface area contributed by atoms with Gasteiger partial charge in [0.1, 0.15) is 0 Å². The van der Waals surface area contributed by atoms with Gasteiger partial charge in [-0.15, -0.1) is 0 Å². The van der Waals surface area contributed by atoms with Crippen molar-refractivity contribution in [1.82, 2.24) is 9.88 Å². The number of anilines is 2. The summed E-state index contributed by atoms with van der Waals surface area (Å²) in [6.45, 7) is 1.99. The van der Waals surface area contributed by atoms with Gasteiger partial charge in [0.15, 0.2) is 5.69 Å². The summed E-state index contributed by atoms with van der Waals surface area (Å²) in [6.07, 6.45) is -3.06. The van der Waals surface area contributed by atoms with Gasteiger partial charge in [0, 0.05) is 43.1 Å². The van der Waals surface area contributed by atoms with Crippen LogP contribution in [0, 0.1) is 11.8 Å². The molecular weight excluding hydrogens is 529 g/mol. The van der Waals surface area contributed by atoms with Crippen molar-refractivity contribution in [1.29, 1.82) is 0 Å². The molecule has 2 atom stereocenters. The maximum atomic E-state index is 13.6. The molecule has 1 aromatic heterocycles. The highest BCUT2D eigenvalue weighted by Gasteiger charge is 2.42. The highest BCUT2D eigenvalue weighted by Crippen LogP contribution is 2.36. The molecule has 2 aliphatic rings. The smallest absolute Gasteiger partial charge is 0.452 e. The molecule has 1 saturated carbocycles. The number of amides is 2. The van der Waals surface area contributed by atoms with E-state index in [-0.39, 0.29) is 17.5 Å². The van der Waals surface area contributed by atoms with Gasteiger partial charge in [0.25, 0.3) is 5.91 Å². The number of piperazine rings is 1. The molecule has 1 saturated heterocycles. The number of benzene rings is 2. The van der Waals surface area contributed by atoms with Crippen LogP contribution in [0.3, 0.4) is 0 Å². The number of hydrogen-bond donors (Lipinski definition) is 2. The van der Waals surface area contributed by atoms with Gasteiger partial charge in [-0.05, 0) is 49.2 Å². The number of aliphatic carboxylic acids is 1. The monoisotopic (exact) mass is 556 g/mol. The number of carboxylic acid groups (broad SMARTS) is 1. The minimum atomic E-state index is -4.91. The van der Waals surface area contributed by atoms with Crippen LogP contribution in [0.1, 0.15) is 35.5 Å². The molecular formula is C28H27F3N4O5. The Bertz CT molecular complexity index is 1380. The number of alkyl halides is 3. The van der Waals surface area contributed by atoms with Gasteiger partial charge in [0.05, 0.1) is 11.8 Å². The number of carboxylic acids is 1. The molecule has 40 heavy (non-hydrogen) atoms. The molecule has 1 aliphatic heterocycles. The van der Waals surface area contributed by atoms with E-state index in [1.165, 1.54) is 12.1 Å². The summed E-state index contributed by atoms with van der Waals surface area (Å²) in [5, 5.41) is 11.8. The normalized spacial score (nSPS) is 19.5. The highest BCUT2D eigenvalue weighted by atomic mass is 19.4. The van der Waals surface area contributed by atoms with E-state index in [1.807, 2.05) is 4.90 Å². The number of hydrogen-bond acceptors (Lipinski definition) is 6. The molecule has 12 heteroatoms. The summed E-state index contributed by atoms with van der Waals surface area (Å²) in [4.78, 5) is 44.7. The number of nitrogens with zero attached hydrogens (tertiary/aromatic N) is 3. The van der Waals surface area contributed by atoms with Crippen molar-refractivity contribution in [3.63, 3.8) is 0 Å². The standard InChI is InChI=1S/C28H27F3N4O5/c29-28(30,31)23-22(33-25(40-23)17-5-2-1-3-6-17)24(36)32-18-9-11-19(12-10-18)34-13-15-35(16-14-34)26(37)20-7-4-8-21(20)27(38)39/h1-3,5-6,9-12,20-21H,4,7-8,13-16H2,(H,32,36)(H,38,39). The Labute approximate surface area is 227 Å². The quantitative estimate of drug-likeness (QED) is 0.450. The van der Waals surface area contributed by atoms with Crippen molar-refractivity contribution in [3.8, 4) is 11.5 Å². The van der Waals surface area contributed by atoms with Gasteiger partial charge in [0.2, 0.25) is 17.6 Å². The SMILES string of the molecule is O=C(Nc1ccc(N2CCN(C(=O)C3CCCC3C(=O)O)CC2)cc1)c1nc(-c2ccccc2)oc1C(F)(F)F. The van der Waals surface area contributed by atoms with Crippen molar-refractivity contribution < 1.29 is 37.1 Å². The molecule has 2 fully saturated rings. The number of carbonyl (C=O) groups is 3. The second-order valence-corrected chi connectivity index (χ2v) is 9.86. The van der Waals surface area contributed by atoms with E-state index >= 15 is 0 Å². The molecule has 2 aromatic carbocycles. The number of rotatable bonds is 6. The first-order chi connectivity index (χ1) is 19.1. The zero-order valence-electron chi connectivity index (χ0n) is 21.4. The highest BCUT2D eigenvalue weighted by molar-refractivity contribution is 6.04. The summed E-state index contributed by atoms with van der Waals surface area (Å²) in [7, 11) is 0. The molecule has 1 aliphatic carbocycles. The number of carbonyl (C=O) groups excluding carboxylic acids is 2. The van der Waals surface area contributed by atoms with Crippen LogP contribution in [-0.4, -0.2) is 59.0 Å². The first kappa shape index (κ1) is 27.2. The summed E-state index contributed by atoms with van der Waals surface area (Å²) < 4.78 is 45.7. The zero-order chi connectivity index (χ0) is 28.4. The predicted octanol–water partition coefficient (Wildman–Crippen LogP) is 4.76. The second-order valence-electron chi connectivity index (χ2n) is 9.86. The third kappa shape index (κ3) is 5.65. The van der Waals surface area contributed by atoms with E-state index < -0.39 is 41.3 Å². The van der Waals surface area contributed by atoms with E-state index in [2.05, 4.69) is 10.3 Å². The Morgan fingerprint density at radius 1 is 0.925 bits per heavy atom. The second kappa shape index (κ2) is 11.0. The number of nitrogens with one attached hydrogen (secondary N) is 1. The molecule has 0 bridgehead atoms. The lowest BCUT2D eigenvalue weighted by molar-refractivity contribution is -0.153. The van der Waals surface area contributed by atoms with E-state index in [1.54, 1.807) is 47.4 Å². The van der Waals surface area contributed by atoms with Gasteiger partial charge in [-0.1, -0.05) is 24.6 Å². The molecule has 2 amide bonds. The van der Waals surface area contributed by atoms with Gasteiger partial charge < -0.3 is 24.6 Å². The molecule has 3 aromatic rings. The molecule has 0 spiro atoms. The van der Waals surface area contributed by atoms with E-state index in [0.29, 0.717) is 44.6 Å². The van der Waals surface area contributed by atoms with Crippen LogP contribution in [-0.2, 0) is 15.8 Å². The first-order valence-corrected chi connectivity index (χ1v) is 12.9. The number of halogens is 3. The third-order valence-corrected chi connectivity index (χ3v) is 7.35. The molecule has 2 N–H and O–H groups in total. The summed E-state index contributed by atoms with van der Waals surface area (Å²) in [5.74, 6) is -4.95. The lowest BCUT2D eigenvalue weighted by Crippen LogP contribution is -2.51. The van der Waals surface area contributed by atoms with Crippen LogP contribution in [0.5, 0.6) is 0 Å². The minimum Gasteiger partial charge on any atom is -0.481 e. The van der Waals surface area contributed by atoms with Gasteiger partial charge >= 0.3 is 12.1 Å². The van der Waals surface area contributed by atoms with E-state index in [0.717, 1.165) is 12.1 Å². The zero-order valence-corrected chi connectivity index (χ0v) is 21.4. The fourth-order valence-corrected chi connectivity index (χ4v) is 5.29. The van der Waals surface area contributed by atoms with Gasteiger partial charge in [-0.25, -0.2) is 4.98 Å². The van der Waals surface area contributed by atoms with Crippen LogP contribution in [0.4, 0.5) is 24.5 Å². The maximum absolute atomic E-state index is 13.6. The third-order valence-electron chi connectivity index (χ3n) is 7.35. The largest absolute Gasteiger partial charge is 0.481 e. The first-order valence-electron chi connectivity index (χ1n) is 12.9. The van der Waals surface area contributed by atoms with Crippen molar-refractivity contribution in [2.45, 2.75) is 25.4 Å². The lowest BCUT2D eigenvalue weighted by Gasteiger charge is -2.37. The topological polar surface area (TPSA) is 116 Å². The molecule has 5 rings (SSSR count). The summed E-state index contributed by atoms with van der Waals surface area (Å²) in [6, 6.07) is 14.6. The Morgan fingerprint density at radius 2 is 1.57 bits per heavy atom. The Balaban J connectivity index is 1.22. The molecule has 2 heterocycles. The summed E-state index contributed by atoms with van der Waals surface area (Å²) >= 11 is 0. The molecule has 0 radical (unpaired) electrons. The van der Waals surface area contributed by atoms with Crippen LogP contribution in [0.15, 0.2) is 59.0 Å². The van der Waals surface area contributed by atoms with Crippen LogP contribution < -0.4 is 10.2 Å². The lowest BCUT2D eigenvalue weighted by atomic mass is 9.94.